The highest BCUT2D eigenvalue weighted by molar-refractivity contribution is 6.29. The Hall–Kier alpha value is -1.17. The number of amides is 1. The van der Waals surface area contributed by atoms with Crippen LogP contribution in [0.5, 0.6) is 0 Å². The molecule has 1 aromatic heterocycles. The Kier molecular flexibility index (Phi) is 4.19. The summed E-state index contributed by atoms with van der Waals surface area (Å²) in [6, 6.07) is 5.61. The molecule has 0 saturated carbocycles. The van der Waals surface area contributed by atoms with E-state index in [-0.39, 0.29) is 5.91 Å². The van der Waals surface area contributed by atoms with Crippen molar-refractivity contribution in [2.75, 3.05) is 39.4 Å². The maximum Gasteiger partial charge on any atom is 0.272 e. The van der Waals surface area contributed by atoms with Gasteiger partial charge in [0.15, 0.2) is 0 Å². The van der Waals surface area contributed by atoms with Crippen LogP contribution in [0.3, 0.4) is 0 Å². The van der Waals surface area contributed by atoms with E-state index in [1.54, 1.807) is 18.2 Å². The standard InChI is InChI=1S/C14H18ClN3O2/c15-13-3-1-2-12(16-13)14(19)18-5-4-11(10-18)17-6-8-20-9-7-17/h1-3,11H,4-10H2. The number of carbonyl (C=O) groups is 1. The van der Waals surface area contributed by atoms with Crippen LogP contribution >= 0.6 is 11.6 Å². The van der Waals surface area contributed by atoms with Gasteiger partial charge in [-0.1, -0.05) is 17.7 Å². The van der Waals surface area contributed by atoms with Crippen molar-refractivity contribution < 1.29 is 9.53 Å². The molecule has 5 nitrogen and oxygen atoms in total. The Morgan fingerprint density at radius 2 is 2.10 bits per heavy atom. The summed E-state index contributed by atoms with van der Waals surface area (Å²) >= 11 is 5.84. The number of halogens is 1. The molecular formula is C14H18ClN3O2. The smallest absolute Gasteiger partial charge is 0.272 e. The van der Waals surface area contributed by atoms with E-state index in [4.69, 9.17) is 16.3 Å². The van der Waals surface area contributed by atoms with Gasteiger partial charge in [-0.05, 0) is 18.6 Å². The molecule has 1 atom stereocenters. The molecule has 1 unspecified atom stereocenters. The maximum atomic E-state index is 12.4. The quantitative estimate of drug-likeness (QED) is 0.771. The first kappa shape index (κ1) is 13.8. The van der Waals surface area contributed by atoms with Crippen molar-refractivity contribution in [3.05, 3.63) is 29.0 Å². The van der Waals surface area contributed by atoms with Gasteiger partial charge in [-0.25, -0.2) is 4.98 Å². The molecule has 3 heterocycles. The van der Waals surface area contributed by atoms with Crippen LogP contribution < -0.4 is 0 Å². The summed E-state index contributed by atoms with van der Waals surface area (Å²) in [6.45, 7) is 5.06. The number of aromatic nitrogens is 1. The summed E-state index contributed by atoms with van der Waals surface area (Å²) in [5.41, 5.74) is 0.431. The van der Waals surface area contributed by atoms with Crippen LogP contribution in [-0.4, -0.2) is 66.1 Å². The molecule has 2 saturated heterocycles. The summed E-state index contributed by atoms with van der Waals surface area (Å²) in [4.78, 5) is 20.8. The zero-order valence-electron chi connectivity index (χ0n) is 11.3. The van der Waals surface area contributed by atoms with E-state index in [1.807, 2.05) is 4.90 Å². The fourth-order valence-electron chi connectivity index (χ4n) is 2.86. The molecule has 0 radical (unpaired) electrons. The third kappa shape index (κ3) is 2.95. The minimum atomic E-state index is -0.0248. The van der Waals surface area contributed by atoms with E-state index < -0.39 is 0 Å². The van der Waals surface area contributed by atoms with E-state index in [0.717, 1.165) is 45.8 Å². The molecule has 0 bridgehead atoms. The molecule has 2 aliphatic rings. The fraction of sp³-hybridized carbons (Fsp3) is 0.571. The molecule has 1 amide bonds. The summed E-state index contributed by atoms with van der Waals surface area (Å²) in [6.07, 6.45) is 1.02. The second-order valence-electron chi connectivity index (χ2n) is 5.19. The summed E-state index contributed by atoms with van der Waals surface area (Å²) in [5.74, 6) is -0.0248. The van der Waals surface area contributed by atoms with Crippen LogP contribution in [0, 0.1) is 0 Å². The largest absolute Gasteiger partial charge is 0.379 e. The molecule has 0 aromatic carbocycles. The molecule has 2 fully saturated rings. The third-order valence-electron chi connectivity index (χ3n) is 3.95. The van der Waals surface area contributed by atoms with Gasteiger partial charge in [0, 0.05) is 32.2 Å². The molecular weight excluding hydrogens is 278 g/mol. The number of morpholine rings is 1. The molecule has 20 heavy (non-hydrogen) atoms. The maximum absolute atomic E-state index is 12.4. The van der Waals surface area contributed by atoms with Crippen LogP contribution in [0.15, 0.2) is 18.2 Å². The van der Waals surface area contributed by atoms with Crippen LogP contribution in [0.4, 0.5) is 0 Å². The summed E-state index contributed by atoms with van der Waals surface area (Å²) in [5, 5.41) is 0.361. The van der Waals surface area contributed by atoms with E-state index in [0.29, 0.717) is 16.9 Å². The molecule has 0 aliphatic carbocycles. The average molecular weight is 296 g/mol. The lowest BCUT2D eigenvalue weighted by molar-refractivity contribution is 0.0185. The number of likely N-dealkylation sites (tertiary alicyclic amines) is 1. The summed E-state index contributed by atoms with van der Waals surface area (Å²) in [7, 11) is 0. The second kappa shape index (κ2) is 6.08. The zero-order valence-corrected chi connectivity index (χ0v) is 12.1. The Morgan fingerprint density at radius 1 is 1.30 bits per heavy atom. The average Bonchev–Trinajstić information content (AvgIpc) is 2.97. The lowest BCUT2D eigenvalue weighted by Crippen LogP contribution is -2.45. The van der Waals surface area contributed by atoms with Gasteiger partial charge in [0.2, 0.25) is 0 Å². The van der Waals surface area contributed by atoms with Crippen LogP contribution in [0.25, 0.3) is 0 Å². The predicted octanol–water partition coefficient (Wildman–Crippen LogP) is 1.28. The third-order valence-corrected chi connectivity index (χ3v) is 4.16. The van der Waals surface area contributed by atoms with Gasteiger partial charge in [-0.15, -0.1) is 0 Å². The van der Waals surface area contributed by atoms with Gasteiger partial charge in [0.1, 0.15) is 10.8 Å². The van der Waals surface area contributed by atoms with Crippen molar-refractivity contribution in [1.82, 2.24) is 14.8 Å². The highest BCUT2D eigenvalue weighted by Crippen LogP contribution is 2.19. The number of rotatable bonds is 2. The highest BCUT2D eigenvalue weighted by Gasteiger charge is 2.31. The van der Waals surface area contributed by atoms with Crippen LogP contribution in [0.2, 0.25) is 5.15 Å². The first-order valence-electron chi connectivity index (χ1n) is 6.97. The Labute approximate surface area is 123 Å². The molecule has 108 valence electrons. The molecule has 0 spiro atoms. The van der Waals surface area contributed by atoms with Gasteiger partial charge < -0.3 is 9.64 Å². The minimum Gasteiger partial charge on any atom is -0.379 e. The monoisotopic (exact) mass is 295 g/mol. The molecule has 1 aromatic rings. The molecule has 3 rings (SSSR count). The zero-order chi connectivity index (χ0) is 13.9. The van der Waals surface area contributed by atoms with Gasteiger partial charge in [0.25, 0.3) is 5.91 Å². The predicted molar refractivity (Wildman–Crippen MR) is 75.9 cm³/mol. The van der Waals surface area contributed by atoms with Crippen molar-refractivity contribution >= 4 is 17.5 Å². The highest BCUT2D eigenvalue weighted by atomic mass is 35.5. The van der Waals surface area contributed by atoms with Crippen LogP contribution in [-0.2, 0) is 4.74 Å². The molecule has 2 aliphatic heterocycles. The molecule has 0 N–H and O–H groups in total. The lowest BCUT2D eigenvalue weighted by Gasteiger charge is -2.32. The Balaban J connectivity index is 1.63. The number of pyridine rings is 1. The number of hydrogen-bond donors (Lipinski definition) is 0. The topological polar surface area (TPSA) is 45.7 Å². The van der Waals surface area contributed by atoms with Gasteiger partial charge >= 0.3 is 0 Å². The van der Waals surface area contributed by atoms with E-state index in [9.17, 15) is 4.79 Å². The number of nitrogens with zero attached hydrogens (tertiary/aromatic N) is 3. The van der Waals surface area contributed by atoms with Gasteiger partial charge in [-0.2, -0.15) is 0 Å². The van der Waals surface area contributed by atoms with Crippen molar-refractivity contribution in [3.63, 3.8) is 0 Å². The van der Waals surface area contributed by atoms with Gasteiger partial charge in [-0.3, -0.25) is 9.69 Å². The van der Waals surface area contributed by atoms with Crippen molar-refractivity contribution in [1.29, 1.82) is 0 Å². The minimum absolute atomic E-state index is 0.0248. The first-order chi connectivity index (χ1) is 9.74. The van der Waals surface area contributed by atoms with Gasteiger partial charge in [0.05, 0.1) is 13.2 Å². The Morgan fingerprint density at radius 3 is 2.85 bits per heavy atom. The van der Waals surface area contributed by atoms with Crippen molar-refractivity contribution in [3.8, 4) is 0 Å². The number of ether oxygens (including phenoxy) is 1. The van der Waals surface area contributed by atoms with Crippen molar-refractivity contribution in [2.45, 2.75) is 12.5 Å². The lowest BCUT2D eigenvalue weighted by atomic mass is 10.2. The second-order valence-corrected chi connectivity index (χ2v) is 5.57. The van der Waals surface area contributed by atoms with E-state index in [1.165, 1.54) is 0 Å². The Bertz CT molecular complexity index is 491. The normalized spacial score (nSPS) is 24.1. The summed E-state index contributed by atoms with van der Waals surface area (Å²) < 4.78 is 5.37. The van der Waals surface area contributed by atoms with E-state index in [2.05, 4.69) is 9.88 Å². The SMILES string of the molecule is O=C(c1cccc(Cl)n1)N1CCC(N2CCOCC2)C1. The number of carbonyl (C=O) groups excluding carboxylic acids is 1. The van der Waals surface area contributed by atoms with Crippen molar-refractivity contribution in [2.24, 2.45) is 0 Å². The number of hydrogen-bond acceptors (Lipinski definition) is 4. The van der Waals surface area contributed by atoms with E-state index >= 15 is 0 Å². The van der Waals surface area contributed by atoms with Crippen LogP contribution in [0.1, 0.15) is 16.9 Å². The molecule has 6 heteroatoms. The fourth-order valence-corrected chi connectivity index (χ4v) is 3.02. The first-order valence-corrected chi connectivity index (χ1v) is 7.35.